The molecule has 1 atom stereocenters. The molecule has 0 aromatic heterocycles. The molecule has 1 saturated carbocycles. The number of benzene rings is 2. The highest BCUT2D eigenvalue weighted by Gasteiger charge is 2.31. The number of sulfonamides is 1. The molecule has 0 saturated heterocycles. The van der Waals surface area contributed by atoms with Gasteiger partial charge in [-0.2, -0.15) is 0 Å². The van der Waals surface area contributed by atoms with E-state index < -0.39 is 28.5 Å². The molecule has 2 aromatic carbocycles. The quantitative estimate of drug-likeness (QED) is 0.492. The molecule has 9 heteroatoms. The third-order valence-corrected chi connectivity index (χ3v) is 8.07. The number of anilines is 1. The van der Waals surface area contributed by atoms with Gasteiger partial charge in [-0.1, -0.05) is 61.2 Å². The van der Waals surface area contributed by atoms with Crippen molar-refractivity contribution in [1.29, 1.82) is 0 Å². The van der Waals surface area contributed by atoms with Crippen LogP contribution < -0.4 is 9.62 Å². The zero-order chi connectivity index (χ0) is 26.3. The molecule has 0 spiro atoms. The van der Waals surface area contributed by atoms with Crippen LogP contribution in [0.3, 0.4) is 0 Å². The highest BCUT2D eigenvalue weighted by Crippen LogP contribution is 2.26. The van der Waals surface area contributed by atoms with Gasteiger partial charge in [-0.3, -0.25) is 13.9 Å². The Morgan fingerprint density at radius 2 is 1.75 bits per heavy atom. The average molecular weight is 534 g/mol. The summed E-state index contributed by atoms with van der Waals surface area (Å²) in [6, 6.07) is 13.9. The fourth-order valence-corrected chi connectivity index (χ4v) is 5.77. The summed E-state index contributed by atoms with van der Waals surface area (Å²) in [6.07, 6.45) is 6.84. The lowest BCUT2D eigenvalue weighted by molar-refractivity contribution is -0.139. The van der Waals surface area contributed by atoms with Crippen molar-refractivity contribution in [3.05, 3.63) is 64.7 Å². The summed E-state index contributed by atoms with van der Waals surface area (Å²) in [5, 5.41) is 3.58. The Hall–Kier alpha value is -2.58. The molecule has 1 aliphatic rings. The highest BCUT2D eigenvalue weighted by atomic mass is 35.5. The van der Waals surface area contributed by atoms with Gasteiger partial charge in [-0.25, -0.2) is 8.42 Å². The first-order valence-electron chi connectivity index (χ1n) is 12.4. The van der Waals surface area contributed by atoms with Gasteiger partial charge in [-0.15, -0.1) is 0 Å². The Bertz CT molecular complexity index is 1150. The Balaban J connectivity index is 1.83. The Kier molecular flexibility index (Phi) is 9.79. The minimum absolute atomic E-state index is 0.115. The maximum Gasteiger partial charge on any atom is 0.244 e. The molecule has 196 valence electrons. The van der Waals surface area contributed by atoms with Crippen molar-refractivity contribution in [3.8, 4) is 0 Å². The van der Waals surface area contributed by atoms with E-state index in [-0.39, 0.29) is 11.9 Å². The fraction of sp³-hybridized carbons (Fsp3) is 0.481. The third kappa shape index (κ3) is 7.71. The molecule has 36 heavy (non-hydrogen) atoms. The van der Waals surface area contributed by atoms with E-state index in [0.29, 0.717) is 29.2 Å². The van der Waals surface area contributed by atoms with E-state index in [2.05, 4.69) is 5.32 Å². The third-order valence-electron chi connectivity index (χ3n) is 6.71. The van der Waals surface area contributed by atoms with Gasteiger partial charge in [0.25, 0.3) is 0 Å². The average Bonchev–Trinajstić information content (AvgIpc) is 2.83. The molecule has 7 nitrogen and oxygen atoms in total. The smallest absolute Gasteiger partial charge is 0.244 e. The van der Waals surface area contributed by atoms with Gasteiger partial charge in [-0.05, 0) is 62.4 Å². The Labute approximate surface area is 219 Å². The van der Waals surface area contributed by atoms with Crippen molar-refractivity contribution in [1.82, 2.24) is 10.2 Å². The van der Waals surface area contributed by atoms with Crippen LogP contribution in [0.1, 0.15) is 50.2 Å². The summed E-state index contributed by atoms with van der Waals surface area (Å²) in [7, 11) is -3.78. The first-order valence-corrected chi connectivity index (χ1v) is 14.7. The summed E-state index contributed by atoms with van der Waals surface area (Å²) >= 11 is 6.06. The first kappa shape index (κ1) is 28.0. The molecule has 1 N–H and O–H groups in total. The van der Waals surface area contributed by atoms with E-state index in [1.807, 2.05) is 30.3 Å². The molecule has 1 fully saturated rings. The van der Waals surface area contributed by atoms with Crippen LogP contribution in [0.4, 0.5) is 5.69 Å². The molecule has 0 bridgehead atoms. The van der Waals surface area contributed by atoms with Crippen LogP contribution in [-0.2, 0) is 26.0 Å². The van der Waals surface area contributed by atoms with Crippen molar-refractivity contribution in [2.75, 3.05) is 23.7 Å². The van der Waals surface area contributed by atoms with Crippen molar-refractivity contribution >= 4 is 39.1 Å². The summed E-state index contributed by atoms with van der Waals surface area (Å²) in [4.78, 5) is 28.3. The molecule has 0 aliphatic heterocycles. The zero-order valence-corrected chi connectivity index (χ0v) is 22.8. The number of rotatable bonds is 10. The normalized spacial score (nSPS) is 15.2. The van der Waals surface area contributed by atoms with Crippen LogP contribution >= 0.6 is 11.6 Å². The number of hydrogen-bond donors (Lipinski definition) is 1. The molecule has 0 radical (unpaired) electrons. The van der Waals surface area contributed by atoms with E-state index in [4.69, 9.17) is 11.6 Å². The second kappa shape index (κ2) is 12.6. The van der Waals surface area contributed by atoms with Gasteiger partial charge in [0, 0.05) is 17.6 Å². The van der Waals surface area contributed by atoms with E-state index >= 15 is 0 Å². The number of nitrogens with zero attached hydrogens (tertiary/aromatic N) is 2. The van der Waals surface area contributed by atoms with Gasteiger partial charge in [0.05, 0.1) is 11.9 Å². The predicted molar refractivity (Wildman–Crippen MR) is 145 cm³/mol. The number of amides is 2. The van der Waals surface area contributed by atoms with E-state index in [0.717, 1.165) is 41.8 Å². The lowest BCUT2D eigenvalue weighted by Crippen LogP contribution is -2.53. The summed E-state index contributed by atoms with van der Waals surface area (Å²) < 4.78 is 26.5. The summed E-state index contributed by atoms with van der Waals surface area (Å²) in [5.41, 5.74) is 2.06. The monoisotopic (exact) mass is 533 g/mol. The van der Waals surface area contributed by atoms with Crippen LogP contribution in [-0.4, -0.2) is 56.6 Å². The summed E-state index contributed by atoms with van der Waals surface area (Å²) in [5.74, 6) is -0.645. The van der Waals surface area contributed by atoms with Gasteiger partial charge < -0.3 is 10.2 Å². The number of carbonyl (C=O) groups excluding carboxylic acids is 2. The van der Waals surface area contributed by atoms with E-state index in [1.165, 1.54) is 11.3 Å². The van der Waals surface area contributed by atoms with Gasteiger partial charge in [0.2, 0.25) is 21.8 Å². The van der Waals surface area contributed by atoms with Gasteiger partial charge >= 0.3 is 0 Å². The second-order valence-electron chi connectivity index (χ2n) is 9.54. The molecule has 2 amide bonds. The standard InChI is InChI=1S/C27H36ClN3O4S/c1-20-18-23(28)14-15-25(20)31(36(3,34)35)19-26(32)30(17-16-22-10-6-4-7-11-22)21(2)27(33)29-24-12-8-5-9-13-24/h4,6-7,10-11,14-15,18,21,24H,5,8-9,12-13,16-17,19H2,1-3H3,(H,29,33)/t21-/m1/s1. The number of carbonyl (C=O) groups is 2. The van der Waals surface area contributed by atoms with E-state index in [9.17, 15) is 18.0 Å². The molecular weight excluding hydrogens is 498 g/mol. The minimum Gasteiger partial charge on any atom is -0.352 e. The molecular formula is C27H36ClN3O4S. The molecule has 0 unspecified atom stereocenters. The van der Waals surface area contributed by atoms with E-state index in [1.54, 1.807) is 32.0 Å². The largest absolute Gasteiger partial charge is 0.352 e. The van der Waals surface area contributed by atoms with Crippen LogP contribution in [0.15, 0.2) is 48.5 Å². The second-order valence-corrected chi connectivity index (χ2v) is 11.9. The fourth-order valence-electron chi connectivity index (χ4n) is 4.63. The Morgan fingerprint density at radius 1 is 1.08 bits per heavy atom. The molecule has 2 aromatic rings. The number of hydrogen-bond acceptors (Lipinski definition) is 4. The lowest BCUT2D eigenvalue weighted by Gasteiger charge is -2.33. The maximum absolute atomic E-state index is 13.6. The van der Waals surface area contributed by atoms with Crippen LogP contribution in [0.25, 0.3) is 0 Å². The van der Waals surface area contributed by atoms with Crippen LogP contribution in [0, 0.1) is 6.92 Å². The van der Waals surface area contributed by atoms with Crippen molar-refractivity contribution < 1.29 is 18.0 Å². The van der Waals surface area contributed by atoms with Crippen molar-refractivity contribution in [2.24, 2.45) is 0 Å². The Morgan fingerprint density at radius 3 is 2.36 bits per heavy atom. The predicted octanol–water partition coefficient (Wildman–Crippen LogP) is 4.32. The van der Waals surface area contributed by atoms with Crippen molar-refractivity contribution in [2.45, 2.75) is 64.5 Å². The highest BCUT2D eigenvalue weighted by molar-refractivity contribution is 7.92. The SMILES string of the molecule is Cc1cc(Cl)ccc1N(CC(=O)N(CCc1ccccc1)[C@H](C)C(=O)NC1CCCCC1)S(C)(=O)=O. The lowest BCUT2D eigenvalue weighted by atomic mass is 9.95. The topological polar surface area (TPSA) is 86.8 Å². The first-order chi connectivity index (χ1) is 17.1. The summed E-state index contributed by atoms with van der Waals surface area (Å²) in [6.45, 7) is 3.34. The maximum atomic E-state index is 13.6. The number of halogens is 1. The van der Waals surface area contributed by atoms with Crippen molar-refractivity contribution in [3.63, 3.8) is 0 Å². The van der Waals surface area contributed by atoms with Gasteiger partial charge in [0.15, 0.2) is 0 Å². The minimum atomic E-state index is -3.78. The van der Waals surface area contributed by atoms with Crippen LogP contribution in [0.5, 0.6) is 0 Å². The van der Waals surface area contributed by atoms with Crippen LogP contribution in [0.2, 0.25) is 5.02 Å². The number of nitrogens with one attached hydrogen (secondary N) is 1. The molecule has 0 heterocycles. The molecule has 1 aliphatic carbocycles. The number of aryl methyl sites for hydroxylation is 1. The molecule has 3 rings (SSSR count). The zero-order valence-electron chi connectivity index (χ0n) is 21.2. The van der Waals surface area contributed by atoms with Gasteiger partial charge in [0.1, 0.15) is 12.6 Å².